The summed E-state index contributed by atoms with van der Waals surface area (Å²) in [5, 5.41) is 3.90. The van der Waals surface area contributed by atoms with Crippen molar-refractivity contribution in [1.82, 2.24) is 20.1 Å². The van der Waals surface area contributed by atoms with Crippen LogP contribution < -0.4 is 5.32 Å². The van der Waals surface area contributed by atoms with Gasteiger partial charge in [0.05, 0.1) is 5.92 Å². The summed E-state index contributed by atoms with van der Waals surface area (Å²) in [6, 6.07) is 11.1. The number of carbonyl (C=O) groups excluding carboxylic acids is 2. The predicted molar refractivity (Wildman–Crippen MR) is 114 cm³/mol. The number of nitrogens with one attached hydrogen (secondary N) is 1. The van der Waals surface area contributed by atoms with Crippen LogP contribution in [0.2, 0.25) is 5.02 Å². The molecular formula is C23H25ClN4O2. The van der Waals surface area contributed by atoms with E-state index in [9.17, 15) is 9.59 Å². The highest BCUT2D eigenvalue weighted by Gasteiger charge is 2.57. The zero-order valence-corrected chi connectivity index (χ0v) is 17.5. The fraction of sp³-hybridized carbons (Fsp3) is 0.435. The molecule has 30 heavy (non-hydrogen) atoms. The normalized spacial score (nSPS) is 25.4. The van der Waals surface area contributed by atoms with E-state index in [1.165, 1.54) is 5.56 Å². The molecule has 2 aromatic rings. The van der Waals surface area contributed by atoms with Crippen LogP contribution >= 0.6 is 11.6 Å². The number of nitrogens with zero attached hydrogens (tertiary/aromatic N) is 3. The van der Waals surface area contributed by atoms with Gasteiger partial charge in [-0.15, -0.1) is 0 Å². The van der Waals surface area contributed by atoms with Crippen molar-refractivity contribution in [3.8, 4) is 0 Å². The van der Waals surface area contributed by atoms with Crippen LogP contribution in [-0.4, -0.2) is 58.3 Å². The fourth-order valence-electron chi connectivity index (χ4n) is 5.43. The maximum atomic E-state index is 12.9. The van der Waals surface area contributed by atoms with Gasteiger partial charge < -0.3 is 10.2 Å². The van der Waals surface area contributed by atoms with Crippen LogP contribution in [0.15, 0.2) is 48.8 Å². The lowest BCUT2D eigenvalue weighted by molar-refractivity contribution is -0.123. The maximum absolute atomic E-state index is 12.9. The lowest BCUT2D eigenvalue weighted by Gasteiger charge is -2.42. The summed E-state index contributed by atoms with van der Waals surface area (Å²) in [5.74, 6) is 0.517. The van der Waals surface area contributed by atoms with E-state index in [4.69, 9.17) is 11.6 Å². The van der Waals surface area contributed by atoms with Gasteiger partial charge in [0.25, 0.3) is 5.91 Å². The predicted octanol–water partition coefficient (Wildman–Crippen LogP) is 2.59. The van der Waals surface area contributed by atoms with E-state index in [0.717, 1.165) is 32.5 Å². The Morgan fingerprint density at radius 3 is 2.77 bits per heavy atom. The van der Waals surface area contributed by atoms with Gasteiger partial charge in [0.2, 0.25) is 5.91 Å². The van der Waals surface area contributed by atoms with Gasteiger partial charge in [0.1, 0.15) is 0 Å². The minimum Gasteiger partial charge on any atom is -0.350 e. The smallest absolute Gasteiger partial charge is 0.253 e. The largest absolute Gasteiger partial charge is 0.350 e. The van der Waals surface area contributed by atoms with E-state index < -0.39 is 0 Å². The first-order valence-corrected chi connectivity index (χ1v) is 10.9. The van der Waals surface area contributed by atoms with Crippen molar-refractivity contribution < 1.29 is 9.59 Å². The van der Waals surface area contributed by atoms with Gasteiger partial charge in [0.15, 0.2) is 0 Å². The number of carbonyl (C=O) groups is 2. The van der Waals surface area contributed by atoms with Gasteiger partial charge >= 0.3 is 0 Å². The number of aromatic nitrogens is 1. The summed E-state index contributed by atoms with van der Waals surface area (Å²) < 4.78 is 0. The molecule has 3 aliphatic rings. The lowest BCUT2D eigenvalue weighted by atomic mass is 9.75. The number of benzene rings is 1. The molecule has 3 saturated heterocycles. The number of rotatable bonds is 3. The lowest BCUT2D eigenvalue weighted by Crippen LogP contribution is -2.56. The van der Waals surface area contributed by atoms with E-state index >= 15 is 0 Å². The van der Waals surface area contributed by atoms with E-state index in [2.05, 4.69) is 21.3 Å². The molecule has 1 spiro atoms. The average molecular weight is 425 g/mol. The third-order valence-corrected chi connectivity index (χ3v) is 7.19. The highest BCUT2D eigenvalue weighted by atomic mass is 35.5. The number of fused-ring (bicyclic) bond motifs is 2. The van der Waals surface area contributed by atoms with Crippen LogP contribution in [0.1, 0.15) is 28.8 Å². The topological polar surface area (TPSA) is 65.5 Å². The molecule has 4 heterocycles. The van der Waals surface area contributed by atoms with Gasteiger partial charge in [-0.05, 0) is 42.7 Å². The Hall–Kier alpha value is -2.44. The molecule has 0 radical (unpaired) electrons. The Bertz CT molecular complexity index is 959. The summed E-state index contributed by atoms with van der Waals surface area (Å²) in [5.41, 5.74) is 1.60. The SMILES string of the molecule is O=C1NC2(CCN(C(=O)c3cccc(Cl)c3)CC2)[C@@H]2CN(Cc3cccnc3)C[C@H]12. The van der Waals surface area contributed by atoms with Crippen LogP contribution in [-0.2, 0) is 11.3 Å². The van der Waals surface area contributed by atoms with Crippen LogP contribution in [0, 0.1) is 11.8 Å². The molecule has 1 aromatic heterocycles. The molecule has 1 N–H and O–H groups in total. The summed E-state index contributed by atoms with van der Waals surface area (Å²) in [6.45, 7) is 3.82. The molecular weight excluding hydrogens is 400 g/mol. The van der Waals surface area contributed by atoms with Crippen LogP contribution in [0.25, 0.3) is 0 Å². The van der Waals surface area contributed by atoms with E-state index in [0.29, 0.717) is 29.6 Å². The molecule has 3 aliphatic heterocycles. The zero-order chi connectivity index (χ0) is 20.7. The van der Waals surface area contributed by atoms with E-state index in [1.807, 2.05) is 17.2 Å². The van der Waals surface area contributed by atoms with Crippen molar-refractivity contribution in [1.29, 1.82) is 0 Å². The van der Waals surface area contributed by atoms with E-state index in [1.54, 1.807) is 30.5 Å². The Labute approximate surface area is 181 Å². The maximum Gasteiger partial charge on any atom is 0.253 e. The minimum absolute atomic E-state index is 0.0119. The number of amides is 2. The van der Waals surface area contributed by atoms with Crippen molar-refractivity contribution >= 4 is 23.4 Å². The van der Waals surface area contributed by atoms with Crippen molar-refractivity contribution in [3.05, 3.63) is 64.9 Å². The highest BCUT2D eigenvalue weighted by molar-refractivity contribution is 6.30. The van der Waals surface area contributed by atoms with Crippen molar-refractivity contribution in [2.45, 2.75) is 24.9 Å². The molecule has 0 saturated carbocycles. The second kappa shape index (κ2) is 7.67. The molecule has 0 aliphatic carbocycles. The standard InChI is InChI=1S/C23H25ClN4O2/c24-18-5-1-4-17(11-18)22(30)28-9-6-23(7-10-28)20-15-27(14-19(20)21(29)26-23)13-16-3-2-8-25-12-16/h1-5,8,11-12,19-20H,6-7,9-10,13-15H2,(H,26,29)/t19-,20+/m0/s1. The van der Waals surface area contributed by atoms with Gasteiger partial charge in [-0.25, -0.2) is 0 Å². The number of halogens is 1. The average Bonchev–Trinajstić information content (AvgIpc) is 3.28. The Morgan fingerprint density at radius 1 is 1.20 bits per heavy atom. The first-order valence-electron chi connectivity index (χ1n) is 10.5. The number of hydrogen-bond acceptors (Lipinski definition) is 4. The number of hydrogen-bond donors (Lipinski definition) is 1. The zero-order valence-electron chi connectivity index (χ0n) is 16.8. The minimum atomic E-state index is -0.198. The molecule has 3 fully saturated rings. The van der Waals surface area contributed by atoms with Crippen LogP contribution in [0.4, 0.5) is 0 Å². The number of likely N-dealkylation sites (tertiary alicyclic amines) is 2. The van der Waals surface area contributed by atoms with Crippen LogP contribution in [0.3, 0.4) is 0 Å². The van der Waals surface area contributed by atoms with Crippen molar-refractivity contribution in [2.75, 3.05) is 26.2 Å². The van der Waals surface area contributed by atoms with E-state index in [-0.39, 0.29) is 23.3 Å². The first-order chi connectivity index (χ1) is 14.5. The molecule has 156 valence electrons. The first kappa shape index (κ1) is 19.5. The third-order valence-electron chi connectivity index (χ3n) is 6.96. The molecule has 1 aromatic carbocycles. The van der Waals surface area contributed by atoms with Gasteiger partial charge in [-0.1, -0.05) is 23.7 Å². The second-order valence-corrected chi connectivity index (χ2v) is 9.15. The van der Waals surface area contributed by atoms with Gasteiger partial charge in [-0.2, -0.15) is 0 Å². The molecule has 6 nitrogen and oxygen atoms in total. The van der Waals surface area contributed by atoms with Crippen molar-refractivity contribution in [2.24, 2.45) is 11.8 Å². The molecule has 0 bridgehead atoms. The van der Waals surface area contributed by atoms with Crippen LogP contribution in [0.5, 0.6) is 0 Å². The molecule has 0 unspecified atom stereocenters. The molecule has 2 atom stereocenters. The summed E-state index contributed by atoms with van der Waals surface area (Å²) in [6.07, 6.45) is 5.27. The second-order valence-electron chi connectivity index (χ2n) is 8.72. The monoisotopic (exact) mass is 424 g/mol. The summed E-state index contributed by atoms with van der Waals surface area (Å²) >= 11 is 6.05. The Kier molecular flexibility index (Phi) is 4.99. The summed E-state index contributed by atoms with van der Waals surface area (Å²) in [4.78, 5) is 34.1. The van der Waals surface area contributed by atoms with Gasteiger partial charge in [-0.3, -0.25) is 19.5 Å². The highest BCUT2D eigenvalue weighted by Crippen LogP contribution is 2.44. The van der Waals surface area contributed by atoms with Crippen molar-refractivity contribution in [3.63, 3.8) is 0 Å². The molecule has 7 heteroatoms. The third kappa shape index (κ3) is 3.48. The van der Waals surface area contributed by atoms with Gasteiger partial charge in [0, 0.05) is 67.2 Å². The number of pyridine rings is 1. The number of piperidine rings is 1. The molecule has 2 amide bonds. The Morgan fingerprint density at radius 2 is 2.03 bits per heavy atom. The fourth-order valence-corrected chi connectivity index (χ4v) is 5.62. The molecule has 5 rings (SSSR count). The summed E-state index contributed by atoms with van der Waals surface area (Å²) in [7, 11) is 0. The quantitative estimate of drug-likeness (QED) is 0.822. The Balaban J connectivity index is 1.26.